The summed E-state index contributed by atoms with van der Waals surface area (Å²) in [4.78, 5) is 53.9. The van der Waals surface area contributed by atoms with Gasteiger partial charge in [-0.05, 0) is 40.5 Å². The molecule has 2 unspecified atom stereocenters. The van der Waals surface area contributed by atoms with Gasteiger partial charge in [-0.2, -0.15) is 0 Å². The third-order valence-electron chi connectivity index (χ3n) is 5.95. The summed E-state index contributed by atoms with van der Waals surface area (Å²) in [5.74, 6) is 6.56. The number of fused-ring (bicyclic) bond motifs is 2. The average Bonchev–Trinajstić information content (AvgIpc) is 3.24. The monoisotopic (exact) mass is 457 g/mol. The number of nitrogens with zero attached hydrogens (tertiary/aromatic N) is 6. The maximum absolute atomic E-state index is 13.3. The summed E-state index contributed by atoms with van der Waals surface area (Å²) in [5.41, 5.74) is -0.569. The summed E-state index contributed by atoms with van der Waals surface area (Å²) < 4.78 is 5.40. The van der Waals surface area contributed by atoms with E-state index in [4.69, 9.17) is 9.73 Å². The first-order valence-electron chi connectivity index (χ1n) is 11.2. The van der Waals surface area contributed by atoms with E-state index in [9.17, 15) is 14.4 Å². The second kappa shape index (κ2) is 8.57. The van der Waals surface area contributed by atoms with Crippen LogP contribution in [0.1, 0.15) is 40.5 Å². The normalized spacial score (nSPS) is 26.9. The fraction of sp³-hybridized carbons (Fsp3) is 0.682. The molecule has 4 aliphatic heterocycles. The van der Waals surface area contributed by atoms with Crippen molar-refractivity contribution < 1.29 is 19.1 Å². The van der Waals surface area contributed by atoms with Crippen LogP contribution in [0.2, 0.25) is 0 Å². The van der Waals surface area contributed by atoms with Gasteiger partial charge in [0.1, 0.15) is 12.1 Å². The molecule has 3 amide bonds. The van der Waals surface area contributed by atoms with Crippen LogP contribution in [0.15, 0.2) is 9.98 Å². The van der Waals surface area contributed by atoms with Gasteiger partial charge >= 0.3 is 6.09 Å². The summed E-state index contributed by atoms with van der Waals surface area (Å²) in [6, 6.07) is -0.741. The van der Waals surface area contributed by atoms with Crippen molar-refractivity contribution >= 4 is 29.8 Å². The molecule has 3 atom stereocenters. The number of amides is 3. The molecule has 1 N–H and O–H groups in total. The van der Waals surface area contributed by atoms with Crippen LogP contribution in [0.25, 0.3) is 0 Å². The lowest BCUT2D eigenvalue weighted by Gasteiger charge is -2.39. The molecule has 0 aliphatic carbocycles. The third-order valence-corrected chi connectivity index (χ3v) is 5.95. The van der Waals surface area contributed by atoms with Crippen LogP contribution in [0.4, 0.5) is 4.79 Å². The largest absolute Gasteiger partial charge is 0.444 e. The zero-order chi connectivity index (χ0) is 23.9. The maximum Gasteiger partial charge on any atom is 0.407 e. The number of alkyl carbamates (subject to hydrolysis) is 1. The Morgan fingerprint density at radius 3 is 2.67 bits per heavy atom. The van der Waals surface area contributed by atoms with Gasteiger partial charge in [0, 0.05) is 26.2 Å². The Balaban J connectivity index is 1.55. The number of nitrogens with one attached hydrogen (secondary N) is 1. The molecule has 0 aromatic carbocycles. The SMILES string of the molecule is CC#CCN1C(N2CCC[C@@H](NC(=O)OC(C)(C)C)C2)=NC2N=C3N(C)C(=O)CN3C(=O)C21. The fourth-order valence-corrected chi connectivity index (χ4v) is 4.47. The number of aliphatic imine (C=N–C) groups is 2. The van der Waals surface area contributed by atoms with Crippen molar-refractivity contribution in [3.8, 4) is 11.8 Å². The number of guanidine groups is 2. The zero-order valence-electron chi connectivity index (χ0n) is 19.8. The molecular formula is C22H31N7O4. The molecule has 2 fully saturated rings. The van der Waals surface area contributed by atoms with Crippen molar-refractivity contribution in [2.75, 3.05) is 33.2 Å². The van der Waals surface area contributed by atoms with Gasteiger partial charge in [-0.15, -0.1) is 5.92 Å². The van der Waals surface area contributed by atoms with E-state index in [1.54, 1.807) is 14.0 Å². The van der Waals surface area contributed by atoms with Crippen LogP contribution in [0.5, 0.6) is 0 Å². The molecule has 4 aliphatic rings. The van der Waals surface area contributed by atoms with Crippen molar-refractivity contribution in [2.45, 2.75) is 64.4 Å². The number of carbonyl (C=O) groups is 3. The molecule has 0 aromatic rings. The molecule has 4 heterocycles. The summed E-state index contributed by atoms with van der Waals surface area (Å²) in [7, 11) is 1.62. The molecule has 11 heteroatoms. The van der Waals surface area contributed by atoms with Crippen molar-refractivity contribution in [3.63, 3.8) is 0 Å². The summed E-state index contributed by atoms with van der Waals surface area (Å²) in [5, 5.41) is 2.95. The molecule has 0 bridgehead atoms. The van der Waals surface area contributed by atoms with Crippen LogP contribution in [0.3, 0.4) is 0 Å². The van der Waals surface area contributed by atoms with Crippen LogP contribution < -0.4 is 5.32 Å². The quantitative estimate of drug-likeness (QED) is 0.586. The Bertz CT molecular complexity index is 973. The smallest absolute Gasteiger partial charge is 0.407 e. The number of piperidine rings is 1. The van der Waals surface area contributed by atoms with E-state index in [1.807, 2.05) is 25.7 Å². The molecule has 0 saturated carbocycles. The Labute approximate surface area is 193 Å². The summed E-state index contributed by atoms with van der Waals surface area (Å²) in [6.07, 6.45) is 0.602. The van der Waals surface area contributed by atoms with Gasteiger partial charge in [-0.3, -0.25) is 19.4 Å². The number of carbonyl (C=O) groups excluding carboxylic acids is 3. The van der Waals surface area contributed by atoms with Crippen LogP contribution in [0, 0.1) is 11.8 Å². The first kappa shape index (κ1) is 22.9. The maximum atomic E-state index is 13.3. The summed E-state index contributed by atoms with van der Waals surface area (Å²) >= 11 is 0. The average molecular weight is 458 g/mol. The van der Waals surface area contributed by atoms with Gasteiger partial charge in [0.15, 0.2) is 12.2 Å². The lowest BCUT2D eigenvalue weighted by molar-refractivity contribution is -0.134. The highest BCUT2D eigenvalue weighted by atomic mass is 16.6. The Morgan fingerprint density at radius 2 is 1.97 bits per heavy atom. The number of hydrogen-bond acceptors (Lipinski definition) is 8. The van der Waals surface area contributed by atoms with Crippen molar-refractivity contribution in [3.05, 3.63) is 0 Å². The number of rotatable bonds is 2. The van der Waals surface area contributed by atoms with Crippen molar-refractivity contribution in [2.24, 2.45) is 9.98 Å². The van der Waals surface area contributed by atoms with E-state index in [1.165, 1.54) is 9.80 Å². The standard InChI is InChI=1S/C22H31N7O4/c1-6-7-11-28-16-17(24-19-26(5)15(30)13-29(19)18(16)31)25-20(28)27-10-8-9-14(12-27)23-21(32)33-22(2,3)4/h14,16-17H,8-13H2,1-5H3,(H,23,32)/t14-,16?,17?/m1/s1. The fourth-order valence-electron chi connectivity index (χ4n) is 4.47. The number of ether oxygens (including phenoxy) is 1. The zero-order valence-corrected chi connectivity index (χ0v) is 19.8. The first-order chi connectivity index (χ1) is 15.6. The van der Waals surface area contributed by atoms with Gasteiger partial charge in [0.05, 0.1) is 6.54 Å². The Morgan fingerprint density at radius 1 is 1.24 bits per heavy atom. The topological polar surface area (TPSA) is 110 Å². The van der Waals surface area contributed by atoms with Gasteiger partial charge in [0.2, 0.25) is 17.8 Å². The van der Waals surface area contributed by atoms with E-state index < -0.39 is 23.9 Å². The number of hydrogen-bond donors (Lipinski definition) is 1. The lowest BCUT2D eigenvalue weighted by atomic mass is 10.1. The van der Waals surface area contributed by atoms with Gasteiger partial charge in [0.25, 0.3) is 5.91 Å². The number of likely N-dealkylation sites (tertiary alicyclic amines) is 1. The Hall–Kier alpha value is -3.29. The minimum Gasteiger partial charge on any atom is -0.444 e. The van der Waals surface area contributed by atoms with Crippen molar-refractivity contribution in [1.29, 1.82) is 0 Å². The Kier molecular flexibility index (Phi) is 5.95. The molecule has 178 valence electrons. The molecule has 33 heavy (non-hydrogen) atoms. The van der Waals surface area contributed by atoms with Gasteiger partial charge in [-0.25, -0.2) is 14.8 Å². The second-order valence-electron chi connectivity index (χ2n) is 9.58. The van der Waals surface area contributed by atoms with Crippen molar-refractivity contribution in [1.82, 2.24) is 24.9 Å². The highest BCUT2D eigenvalue weighted by Crippen LogP contribution is 2.30. The van der Waals surface area contributed by atoms with E-state index in [2.05, 4.69) is 27.0 Å². The molecule has 0 radical (unpaired) electrons. The highest BCUT2D eigenvalue weighted by molar-refractivity contribution is 6.15. The van der Waals surface area contributed by atoms with Gasteiger partial charge < -0.3 is 19.9 Å². The minimum atomic E-state index is -0.636. The predicted octanol–water partition coefficient (Wildman–Crippen LogP) is 0.0353. The predicted molar refractivity (Wildman–Crippen MR) is 121 cm³/mol. The molecule has 0 spiro atoms. The first-order valence-corrected chi connectivity index (χ1v) is 11.2. The molecular weight excluding hydrogens is 426 g/mol. The highest BCUT2D eigenvalue weighted by Gasteiger charge is 2.52. The summed E-state index contributed by atoms with van der Waals surface area (Å²) in [6.45, 7) is 8.84. The minimum absolute atomic E-state index is 0.00832. The molecule has 4 rings (SSSR count). The molecule has 11 nitrogen and oxygen atoms in total. The van der Waals surface area contributed by atoms with Crippen LogP contribution >= 0.6 is 0 Å². The van der Waals surface area contributed by atoms with Crippen LogP contribution in [-0.2, 0) is 14.3 Å². The van der Waals surface area contributed by atoms with E-state index in [-0.39, 0.29) is 24.4 Å². The molecule has 0 aromatic heterocycles. The van der Waals surface area contributed by atoms with Gasteiger partial charge in [-0.1, -0.05) is 5.92 Å². The van der Waals surface area contributed by atoms with E-state index in [0.29, 0.717) is 25.0 Å². The lowest BCUT2D eigenvalue weighted by Crippen LogP contribution is -2.59. The van der Waals surface area contributed by atoms with Crippen LogP contribution in [-0.4, -0.2) is 107 Å². The number of likely N-dealkylation sites (N-methyl/N-ethyl adjacent to an activating group) is 1. The molecule has 2 saturated heterocycles. The van der Waals surface area contributed by atoms with E-state index in [0.717, 1.165) is 19.4 Å². The third kappa shape index (κ3) is 4.47. The second-order valence-corrected chi connectivity index (χ2v) is 9.58. The van der Waals surface area contributed by atoms with E-state index >= 15 is 0 Å².